The molecule has 0 spiro atoms. The van der Waals surface area contributed by atoms with Gasteiger partial charge in [-0.15, -0.1) is 0 Å². The van der Waals surface area contributed by atoms with Crippen LogP contribution in [0.15, 0.2) is 24.5 Å². The molecule has 1 aromatic heterocycles. The van der Waals surface area contributed by atoms with Crippen LogP contribution in [0.5, 0.6) is 0 Å². The minimum atomic E-state index is -0.155. The number of benzene rings is 1. The lowest BCUT2D eigenvalue weighted by atomic mass is 10.0. The minimum Gasteiger partial charge on any atom is -0.368 e. The third kappa shape index (κ3) is 2.55. The average Bonchev–Trinajstić information content (AvgIpc) is 3.04. The zero-order valence-electron chi connectivity index (χ0n) is 12.9. The van der Waals surface area contributed by atoms with Gasteiger partial charge in [-0.05, 0) is 37.5 Å². The number of aryl methyl sites for hydroxylation is 1. The van der Waals surface area contributed by atoms with Crippen LogP contribution in [0, 0.1) is 5.82 Å². The van der Waals surface area contributed by atoms with Gasteiger partial charge in [-0.1, -0.05) is 13.3 Å². The number of anilines is 1. The second-order valence-electron chi connectivity index (χ2n) is 5.94. The fourth-order valence-electron chi connectivity index (χ4n) is 3.25. The number of fused-ring (bicyclic) bond motifs is 1. The predicted molar refractivity (Wildman–Crippen MR) is 84.0 cm³/mol. The number of halogens is 1. The van der Waals surface area contributed by atoms with E-state index in [1.807, 2.05) is 19.3 Å². The van der Waals surface area contributed by atoms with Gasteiger partial charge >= 0.3 is 0 Å². The van der Waals surface area contributed by atoms with Crippen molar-refractivity contribution in [1.29, 1.82) is 0 Å². The lowest BCUT2D eigenvalue weighted by Crippen LogP contribution is -2.31. The van der Waals surface area contributed by atoms with Crippen molar-refractivity contribution in [1.82, 2.24) is 9.78 Å². The second kappa shape index (κ2) is 5.51. The highest BCUT2D eigenvalue weighted by Gasteiger charge is 2.25. The molecular formula is C17H22FN3. The molecule has 1 aromatic carbocycles. The maximum Gasteiger partial charge on any atom is 0.133 e. The lowest BCUT2D eigenvalue weighted by molar-refractivity contribution is 0.592. The van der Waals surface area contributed by atoms with E-state index >= 15 is 0 Å². The van der Waals surface area contributed by atoms with Gasteiger partial charge in [0, 0.05) is 42.6 Å². The van der Waals surface area contributed by atoms with Crippen molar-refractivity contribution in [2.45, 2.75) is 39.2 Å². The molecule has 2 aromatic rings. The molecule has 0 saturated heterocycles. The first-order valence-electron chi connectivity index (χ1n) is 7.68. The Bertz CT molecular complexity index is 647. The molecule has 1 unspecified atom stereocenters. The van der Waals surface area contributed by atoms with E-state index < -0.39 is 0 Å². The molecule has 112 valence electrons. The lowest BCUT2D eigenvalue weighted by Gasteiger charge is -2.27. The molecule has 0 aliphatic carbocycles. The van der Waals surface area contributed by atoms with E-state index in [1.165, 1.54) is 5.56 Å². The molecule has 0 saturated carbocycles. The minimum absolute atomic E-state index is 0.155. The maximum atomic E-state index is 14.5. The maximum absolute atomic E-state index is 14.5. The molecule has 0 bridgehead atoms. The Morgan fingerprint density at radius 2 is 2.19 bits per heavy atom. The number of nitrogens with zero attached hydrogens (tertiary/aromatic N) is 3. The molecule has 1 aliphatic heterocycles. The largest absolute Gasteiger partial charge is 0.368 e. The molecule has 2 heterocycles. The summed E-state index contributed by atoms with van der Waals surface area (Å²) in [4.78, 5) is 2.34. The first-order chi connectivity index (χ1) is 10.1. The Balaban J connectivity index is 1.96. The molecular weight excluding hydrogens is 265 g/mol. The number of rotatable bonds is 4. The van der Waals surface area contributed by atoms with E-state index in [-0.39, 0.29) is 5.82 Å². The van der Waals surface area contributed by atoms with Gasteiger partial charge in [-0.2, -0.15) is 5.10 Å². The summed E-state index contributed by atoms with van der Waals surface area (Å²) in [5, 5.41) is 4.13. The van der Waals surface area contributed by atoms with Crippen molar-refractivity contribution in [2.24, 2.45) is 7.05 Å². The monoisotopic (exact) mass is 287 g/mol. The van der Waals surface area contributed by atoms with Crippen molar-refractivity contribution >= 4 is 5.69 Å². The van der Waals surface area contributed by atoms with Crippen molar-refractivity contribution in [3.05, 3.63) is 35.9 Å². The van der Waals surface area contributed by atoms with Crippen LogP contribution in [-0.2, 0) is 13.5 Å². The molecule has 0 amide bonds. The molecule has 4 heteroatoms. The molecule has 1 aliphatic rings. The molecule has 3 nitrogen and oxygen atoms in total. The normalized spacial score (nSPS) is 15.3. The van der Waals surface area contributed by atoms with E-state index in [1.54, 1.807) is 16.9 Å². The van der Waals surface area contributed by atoms with Crippen molar-refractivity contribution in [2.75, 3.05) is 11.4 Å². The highest BCUT2D eigenvalue weighted by molar-refractivity contribution is 5.70. The smallest absolute Gasteiger partial charge is 0.133 e. The molecule has 0 fully saturated rings. The first kappa shape index (κ1) is 14.1. The number of hydrogen-bond acceptors (Lipinski definition) is 2. The van der Waals surface area contributed by atoms with Gasteiger partial charge in [0.05, 0.1) is 6.20 Å². The van der Waals surface area contributed by atoms with Crippen LogP contribution < -0.4 is 4.90 Å². The SMILES string of the molecule is CCCC(C)N1CCc2cc(-c3cnn(C)c3)c(F)cc21. The van der Waals surface area contributed by atoms with E-state index in [9.17, 15) is 4.39 Å². The van der Waals surface area contributed by atoms with Crippen molar-refractivity contribution < 1.29 is 4.39 Å². The Morgan fingerprint density at radius 3 is 2.86 bits per heavy atom. The Kier molecular flexibility index (Phi) is 3.70. The quantitative estimate of drug-likeness (QED) is 0.853. The molecule has 0 N–H and O–H groups in total. The Labute approximate surface area is 125 Å². The highest BCUT2D eigenvalue weighted by Crippen LogP contribution is 2.36. The van der Waals surface area contributed by atoms with Crippen LogP contribution in [0.2, 0.25) is 0 Å². The number of hydrogen-bond donors (Lipinski definition) is 0. The predicted octanol–water partition coefficient (Wildman–Crippen LogP) is 3.78. The summed E-state index contributed by atoms with van der Waals surface area (Å²) in [6.45, 7) is 5.41. The van der Waals surface area contributed by atoms with Crippen LogP contribution in [-0.4, -0.2) is 22.4 Å². The van der Waals surface area contributed by atoms with E-state index in [2.05, 4.69) is 23.8 Å². The molecule has 1 atom stereocenters. The van der Waals surface area contributed by atoms with Crippen LogP contribution in [0.25, 0.3) is 11.1 Å². The summed E-state index contributed by atoms with van der Waals surface area (Å²) in [6, 6.07) is 4.18. The summed E-state index contributed by atoms with van der Waals surface area (Å²) in [5.74, 6) is -0.155. The summed E-state index contributed by atoms with van der Waals surface area (Å²) in [7, 11) is 1.85. The third-order valence-electron chi connectivity index (χ3n) is 4.35. The van der Waals surface area contributed by atoms with Gasteiger partial charge < -0.3 is 4.90 Å². The molecule has 21 heavy (non-hydrogen) atoms. The van der Waals surface area contributed by atoms with Gasteiger partial charge in [-0.25, -0.2) is 4.39 Å². The molecule has 0 radical (unpaired) electrons. The second-order valence-corrected chi connectivity index (χ2v) is 5.94. The van der Waals surface area contributed by atoms with Gasteiger partial charge in [0.2, 0.25) is 0 Å². The zero-order chi connectivity index (χ0) is 15.0. The zero-order valence-corrected chi connectivity index (χ0v) is 12.9. The summed E-state index contributed by atoms with van der Waals surface area (Å²) < 4.78 is 16.2. The average molecular weight is 287 g/mol. The standard InChI is InChI=1S/C17H22FN3/c1-4-5-12(2)21-7-6-13-8-15(16(18)9-17(13)21)14-10-19-20(3)11-14/h8-12H,4-7H2,1-3H3. The summed E-state index contributed by atoms with van der Waals surface area (Å²) in [5.41, 5.74) is 3.82. The van der Waals surface area contributed by atoms with Crippen LogP contribution in [0.1, 0.15) is 32.3 Å². The molecule has 3 rings (SSSR count). The fourth-order valence-corrected chi connectivity index (χ4v) is 3.25. The highest BCUT2D eigenvalue weighted by atomic mass is 19.1. The van der Waals surface area contributed by atoms with Crippen LogP contribution in [0.3, 0.4) is 0 Å². The van der Waals surface area contributed by atoms with Crippen molar-refractivity contribution in [3.63, 3.8) is 0 Å². The van der Waals surface area contributed by atoms with Crippen molar-refractivity contribution in [3.8, 4) is 11.1 Å². The number of aromatic nitrogens is 2. The van der Waals surface area contributed by atoms with Crippen LogP contribution in [0.4, 0.5) is 10.1 Å². The Morgan fingerprint density at radius 1 is 1.38 bits per heavy atom. The van der Waals surface area contributed by atoms with Gasteiger partial charge in [0.25, 0.3) is 0 Å². The summed E-state index contributed by atoms with van der Waals surface area (Å²) >= 11 is 0. The third-order valence-corrected chi connectivity index (χ3v) is 4.35. The van der Waals surface area contributed by atoms with E-state index in [0.717, 1.165) is 37.1 Å². The van der Waals surface area contributed by atoms with Crippen LogP contribution >= 0.6 is 0 Å². The fraction of sp³-hybridized carbons (Fsp3) is 0.471. The topological polar surface area (TPSA) is 21.1 Å². The summed E-state index contributed by atoms with van der Waals surface area (Å²) in [6.07, 6.45) is 6.88. The first-order valence-corrected chi connectivity index (χ1v) is 7.68. The van der Waals surface area contributed by atoms with E-state index in [4.69, 9.17) is 0 Å². The van der Waals surface area contributed by atoms with E-state index in [0.29, 0.717) is 11.6 Å². The van der Waals surface area contributed by atoms with Gasteiger partial charge in [0.15, 0.2) is 0 Å². The Hall–Kier alpha value is -1.84. The van der Waals surface area contributed by atoms with Gasteiger partial charge in [0.1, 0.15) is 5.82 Å². The van der Waals surface area contributed by atoms with Gasteiger partial charge in [-0.3, -0.25) is 4.68 Å².